The predicted octanol–water partition coefficient (Wildman–Crippen LogP) is 4.37. The lowest BCUT2D eigenvalue weighted by atomic mass is 10.1. The Labute approximate surface area is 182 Å². The summed E-state index contributed by atoms with van der Waals surface area (Å²) in [5.41, 5.74) is 3.24. The quantitative estimate of drug-likeness (QED) is 0.231. The predicted molar refractivity (Wildman–Crippen MR) is 117 cm³/mol. The molecule has 0 aromatic heterocycles. The van der Waals surface area contributed by atoms with E-state index in [1.54, 1.807) is 30.3 Å². The van der Waals surface area contributed by atoms with E-state index < -0.39 is 11.9 Å². The summed E-state index contributed by atoms with van der Waals surface area (Å²) in [5.74, 6) is -0.730. The maximum absolute atomic E-state index is 12.4. The first-order valence-corrected chi connectivity index (χ1v) is 10.3. The molecule has 0 aliphatic rings. The number of hydrogen-bond acceptors (Lipinski definition) is 6. The van der Waals surface area contributed by atoms with Gasteiger partial charge in [-0.2, -0.15) is 0 Å². The smallest absolute Gasteiger partial charge is 0.343 e. The summed E-state index contributed by atoms with van der Waals surface area (Å²) in [4.78, 5) is 35.2. The number of unbranched alkanes of at least 4 members (excludes halogenated alkanes) is 1. The molecule has 0 aliphatic carbocycles. The Kier molecular flexibility index (Phi) is 9.49. The molecule has 0 unspecified atom stereocenters. The summed E-state index contributed by atoms with van der Waals surface area (Å²) < 4.78 is 15.5. The van der Waals surface area contributed by atoms with Gasteiger partial charge in [-0.15, -0.1) is 0 Å². The number of rotatable bonds is 11. The molecule has 2 aromatic rings. The second-order valence-corrected chi connectivity index (χ2v) is 7.02. The summed E-state index contributed by atoms with van der Waals surface area (Å²) in [6, 6.07) is 12.4. The molecule has 0 bridgehead atoms. The van der Waals surface area contributed by atoms with Crippen molar-refractivity contribution in [3.8, 4) is 5.75 Å². The maximum Gasteiger partial charge on any atom is 0.343 e. The van der Waals surface area contributed by atoms with Crippen LogP contribution in [0.25, 0.3) is 0 Å². The Morgan fingerprint density at radius 3 is 2.19 bits per heavy atom. The molecular weight excluding hydrogens is 396 g/mol. The summed E-state index contributed by atoms with van der Waals surface area (Å²) in [6.07, 6.45) is 3.34. The van der Waals surface area contributed by atoms with Gasteiger partial charge < -0.3 is 14.2 Å². The minimum atomic E-state index is -0.464. The van der Waals surface area contributed by atoms with Crippen LogP contribution in [0.3, 0.4) is 0 Å². The van der Waals surface area contributed by atoms with E-state index in [9.17, 15) is 14.4 Å². The van der Waals surface area contributed by atoms with E-state index in [2.05, 4.69) is 13.5 Å². The van der Waals surface area contributed by atoms with Crippen molar-refractivity contribution in [3.63, 3.8) is 0 Å². The molecule has 0 spiro atoms. The third-order valence-corrected chi connectivity index (χ3v) is 4.60. The zero-order chi connectivity index (χ0) is 22.6. The summed E-state index contributed by atoms with van der Waals surface area (Å²) >= 11 is 0. The highest BCUT2D eigenvalue weighted by Gasteiger charge is 2.12. The van der Waals surface area contributed by atoms with E-state index in [4.69, 9.17) is 14.2 Å². The van der Waals surface area contributed by atoms with Gasteiger partial charge in [0.15, 0.2) is 0 Å². The van der Waals surface area contributed by atoms with E-state index in [1.165, 1.54) is 5.56 Å². The first kappa shape index (κ1) is 23.9. The Bertz CT molecular complexity index is 914. The van der Waals surface area contributed by atoms with Gasteiger partial charge in [0.25, 0.3) is 0 Å². The number of benzene rings is 2. The number of carbonyl (C=O) groups is 3. The van der Waals surface area contributed by atoms with Crippen LogP contribution < -0.4 is 4.74 Å². The third kappa shape index (κ3) is 8.09. The van der Waals surface area contributed by atoms with Crippen molar-refractivity contribution in [2.75, 3.05) is 13.2 Å². The topological polar surface area (TPSA) is 78.9 Å². The summed E-state index contributed by atoms with van der Waals surface area (Å²) in [7, 11) is 0. The Morgan fingerprint density at radius 2 is 1.58 bits per heavy atom. The van der Waals surface area contributed by atoms with Gasteiger partial charge in [0.1, 0.15) is 5.75 Å². The van der Waals surface area contributed by atoms with Gasteiger partial charge in [-0.25, -0.2) is 9.59 Å². The minimum Gasteiger partial charge on any atom is -0.465 e. The fourth-order valence-electron chi connectivity index (χ4n) is 2.80. The van der Waals surface area contributed by atoms with Gasteiger partial charge in [0, 0.05) is 6.08 Å². The van der Waals surface area contributed by atoms with Crippen LogP contribution in [0, 0.1) is 6.92 Å². The van der Waals surface area contributed by atoms with Crippen molar-refractivity contribution in [2.24, 2.45) is 0 Å². The standard InChI is InChI=1S/C25H28O6/c1-4-19-10-13-22(18(3)16-19)31-25(28)21-11-8-20(9-12-21)17-24(27)30-15-7-6-14-29-23(26)5-2/h5,8-13,16H,2,4,6-7,14-15,17H2,1,3H3. The van der Waals surface area contributed by atoms with Crippen LogP contribution >= 0.6 is 0 Å². The van der Waals surface area contributed by atoms with E-state index in [0.29, 0.717) is 24.2 Å². The summed E-state index contributed by atoms with van der Waals surface area (Å²) in [6.45, 7) is 7.81. The zero-order valence-corrected chi connectivity index (χ0v) is 18.0. The Balaban J connectivity index is 1.76. The van der Waals surface area contributed by atoms with Gasteiger partial charge >= 0.3 is 17.9 Å². The highest BCUT2D eigenvalue weighted by molar-refractivity contribution is 5.91. The molecule has 0 saturated heterocycles. The van der Waals surface area contributed by atoms with Crippen molar-refractivity contribution >= 4 is 17.9 Å². The highest BCUT2D eigenvalue weighted by Crippen LogP contribution is 2.21. The molecule has 164 valence electrons. The molecule has 0 aliphatic heterocycles. The van der Waals surface area contributed by atoms with E-state index in [0.717, 1.165) is 23.6 Å². The maximum atomic E-state index is 12.4. The van der Waals surface area contributed by atoms with Crippen LogP contribution in [0.4, 0.5) is 0 Å². The van der Waals surface area contributed by atoms with Crippen LogP contribution in [0.1, 0.15) is 46.8 Å². The Morgan fingerprint density at radius 1 is 0.935 bits per heavy atom. The molecule has 6 nitrogen and oxygen atoms in total. The molecule has 0 amide bonds. The van der Waals surface area contributed by atoms with Crippen molar-refractivity contribution < 1.29 is 28.6 Å². The fourth-order valence-corrected chi connectivity index (χ4v) is 2.80. The fraction of sp³-hybridized carbons (Fsp3) is 0.320. The van der Waals surface area contributed by atoms with E-state index in [-0.39, 0.29) is 25.6 Å². The summed E-state index contributed by atoms with van der Waals surface area (Å²) in [5, 5.41) is 0. The van der Waals surface area contributed by atoms with Gasteiger partial charge in [0.05, 0.1) is 25.2 Å². The van der Waals surface area contributed by atoms with Gasteiger partial charge in [-0.1, -0.05) is 37.8 Å². The molecule has 0 radical (unpaired) electrons. The molecule has 2 rings (SSSR count). The molecule has 0 heterocycles. The van der Waals surface area contributed by atoms with Crippen LogP contribution in [-0.2, 0) is 31.9 Å². The largest absolute Gasteiger partial charge is 0.465 e. The third-order valence-electron chi connectivity index (χ3n) is 4.60. The first-order chi connectivity index (χ1) is 14.9. The Hall–Kier alpha value is -3.41. The number of aryl methyl sites for hydroxylation is 2. The van der Waals surface area contributed by atoms with Gasteiger partial charge in [0.2, 0.25) is 0 Å². The zero-order valence-electron chi connectivity index (χ0n) is 18.0. The highest BCUT2D eigenvalue weighted by atomic mass is 16.5. The lowest BCUT2D eigenvalue weighted by molar-refractivity contribution is -0.143. The van der Waals surface area contributed by atoms with Crippen molar-refractivity contribution in [2.45, 2.75) is 39.5 Å². The van der Waals surface area contributed by atoms with Crippen molar-refractivity contribution in [1.82, 2.24) is 0 Å². The lowest BCUT2D eigenvalue weighted by Crippen LogP contribution is -2.11. The molecular formula is C25H28O6. The number of hydrogen-bond donors (Lipinski definition) is 0. The first-order valence-electron chi connectivity index (χ1n) is 10.3. The number of ether oxygens (including phenoxy) is 3. The van der Waals surface area contributed by atoms with Gasteiger partial charge in [-0.3, -0.25) is 4.79 Å². The molecule has 0 saturated carbocycles. The van der Waals surface area contributed by atoms with Crippen LogP contribution in [0.5, 0.6) is 5.75 Å². The molecule has 0 fully saturated rings. The molecule has 6 heteroatoms. The minimum absolute atomic E-state index is 0.109. The van der Waals surface area contributed by atoms with E-state index >= 15 is 0 Å². The number of carbonyl (C=O) groups excluding carboxylic acids is 3. The molecule has 2 aromatic carbocycles. The van der Waals surface area contributed by atoms with Crippen molar-refractivity contribution in [3.05, 3.63) is 77.4 Å². The average Bonchev–Trinajstić information content (AvgIpc) is 2.77. The average molecular weight is 424 g/mol. The van der Waals surface area contributed by atoms with Crippen LogP contribution in [0.15, 0.2) is 55.1 Å². The molecule has 0 atom stereocenters. The second-order valence-electron chi connectivity index (χ2n) is 7.02. The number of esters is 3. The SMILES string of the molecule is C=CC(=O)OCCCCOC(=O)Cc1ccc(C(=O)Oc2ccc(CC)cc2C)cc1. The lowest BCUT2D eigenvalue weighted by Gasteiger charge is -2.09. The normalized spacial score (nSPS) is 10.3. The second kappa shape index (κ2) is 12.3. The van der Waals surface area contributed by atoms with Gasteiger partial charge in [-0.05, 0) is 61.1 Å². The van der Waals surface area contributed by atoms with Crippen LogP contribution in [0.2, 0.25) is 0 Å². The van der Waals surface area contributed by atoms with E-state index in [1.807, 2.05) is 19.1 Å². The monoisotopic (exact) mass is 424 g/mol. The van der Waals surface area contributed by atoms with Crippen LogP contribution in [-0.4, -0.2) is 31.1 Å². The van der Waals surface area contributed by atoms with Crippen molar-refractivity contribution in [1.29, 1.82) is 0 Å². The molecule has 0 N–H and O–H groups in total. The molecule has 31 heavy (non-hydrogen) atoms.